The van der Waals surface area contributed by atoms with E-state index in [1.807, 2.05) is 13.8 Å². The van der Waals surface area contributed by atoms with Gasteiger partial charge in [0, 0.05) is 5.54 Å². The first-order valence-corrected chi connectivity index (χ1v) is 7.33. The molecule has 4 aliphatic carbocycles. The summed E-state index contributed by atoms with van der Waals surface area (Å²) in [6, 6.07) is 0. The highest BCUT2D eigenvalue weighted by Crippen LogP contribution is 2.59. The van der Waals surface area contributed by atoms with E-state index >= 15 is 0 Å². The molecule has 0 amide bonds. The average molecular weight is 258 g/mol. The Balaban J connectivity index is 1.72. The second-order valence-corrected chi connectivity index (χ2v) is 8.12. The predicted octanol–water partition coefficient (Wildman–Crippen LogP) is 2.93. The highest BCUT2D eigenvalue weighted by molar-refractivity contribution is 6.24. The molecule has 0 aromatic carbocycles. The van der Waals surface area contributed by atoms with E-state index in [0.29, 0.717) is 12.5 Å². The third-order valence-corrected chi connectivity index (χ3v) is 5.29. The second kappa shape index (κ2) is 3.85. The Morgan fingerprint density at radius 2 is 1.82 bits per heavy atom. The lowest BCUT2D eigenvalue weighted by Crippen LogP contribution is -2.59. The Labute approximate surface area is 109 Å². The number of rotatable bonds is 3. The van der Waals surface area contributed by atoms with Crippen molar-refractivity contribution in [2.24, 2.45) is 23.5 Å². The molecule has 2 N–H and O–H groups in total. The van der Waals surface area contributed by atoms with Gasteiger partial charge in [0.2, 0.25) is 0 Å². The van der Waals surface area contributed by atoms with Gasteiger partial charge in [0.15, 0.2) is 0 Å². The molecular weight excluding hydrogens is 234 g/mol. The molecule has 0 heterocycles. The van der Waals surface area contributed by atoms with Gasteiger partial charge >= 0.3 is 0 Å². The molecule has 2 nitrogen and oxygen atoms in total. The van der Waals surface area contributed by atoms with E-state index in [0.717, 1.165) is 24.7 Å². The van der Waals surface area contributed by atoms with Gasteiger partial charge in [0.25, 0.3) is 0 Å². The van der Waals surface area contributed by atoms with Crippen molar-refractivity contribution in [1.82, 2.24) is 0 Å². The fourth-order valence-electron chi connectivity index (χ4n) is 4.48. The van der Waals surface area contributed by atoms with Crippen LogP contribution in [0.2, 0.25) is 0 Å². The topological polar surface area (TPSA) is 35.2 Å². The molecule has 98 valence electrons. The lowest BCUT2D eigenvalue weighted by atomic mass is 9.54. The van der Waals surface area contributed by atoms with E-state index < -0.39 is 0 Å². The third-order valence-electron chi connectivity index (χ3n) is 4.77. The maximum Gasteiger partial charge on any atom is 0.0796 e. The van der Waals surface area contributed by atoms with Crippen molar-refractivity contribution < 1.29 is 4.74 Å². The summed E-state index contributed by atoms with van der Waals surface area (Å²) >= 11 is 6.86. The van der Waals surface area contributed by atoms with Crippen LogP contribution in [-0.2, 0) is 4.74 Å². The molecule has 4 bridgehead atoms. The van der Waals surface area contributed by atoms with Crippen molar-refractivity contribution in [2.45, 2.75) is 62.5 Å². The first kappa shape index (κ1) is 12.3. The third kappa shape index (κ3) is 2.24. The molecule has 0 radical (unpaired) electrons. The molecular formula is C14H24ClNO. The van der Waals surface area contributed by atoms with Gasteiger partial charge in [0.1, 0.15) is 0 Å². The molecule has 3 atom stereocenters. The normalized spacial score (nSPS) is 48.7. The monoisotopic (exact) mass is 257 g/mol. The average Bonchev–Trinajstić information content (AvgIpc) is 2.11. The Kier molecular flexibility index (Phi) is 2.78. The summed E-state index contributed by atoms with van der Waals surface area (Å²) in [6.45, 7) is 4.66. The highest BCUT2D eigenvalue weighted by Gasteiger charge is 2.57. The van der Waals surface area contributed by atoms with Crippen molar-refractivity contribution >= 4 is 11.6 Å². The summed E-state index contributed by atoms with van der Waals surface area (Å²) in [4.78, 5) is -0.0694. The van der Waals surface area contributed by atoms with Crippen molar-refractivity contribution in [3.63, 3.8) is 0 Å². The van der Waals surface area contributed by atoms with Crippen LogP contribution >= 0.6 is 11.6 Å². The van der Waals surface area contributed by atoms with Gasteiger partial charge in [-0.2, -0.15) is 0 Å². The molecule has 0 aromatic heterocycles. The molecule has 3 heteroatoms. The second-order valence-electron chi connectivity index (χ2n) is 7.36. The number of hydrogen-bond donors (Lipinski definition) is 1. The summed E-state index contributed by atoms with van der Waals surface area (Å²) in [5.74, 6) is 2.44. The number of halogens is 1. The van der Waals surface area contributed by atoms with E-state index in [9.17, 15) is 0 Å². The summed E-state index contributed by atoms with van der Waals surface area (Å²) in [6.07, 6.45) is 6.66. The predicted molar refractivity (Wildman–Crippen MR) is 70.1 cm³/mol. The molecule has 0 aromatic rings. The van der Waals surface area contributed by atoms with Gasteiger partial charge in [-0.1, -0.05) is 0 Å². The van der Waals surface area contributed by atoms with Crippen LogP contribution in [0.25, 0.3) is 0 Å². The number of nitrogens with two attached hydrogens (primary N) is 1. The minimum Gasteiger partial charge on any atom is -0.374 e. The molecule has 0 aliphatic heterocycles. The van der Waals surface area contributed by atoms with Gasteiger partial charge in [0.05, 0.1) is 17.6 Å². The number of ether oxygens (including phenoxy) is 1. The lowest BCUT2D eigenvalue weighted by Gasteiger charge is -2.58. The maximum atomic E-state index is 6.86. The minimum atomic E-state index is -0.248. The van der Waals surface area contributed by atoms with Crippen molar-refractivity contribution in [3.8, 4) is 0 Å². The Morgan fingerprint density at radius 1 is 1.24 bits per heavy atom. The van der Waals surface area contributed by atoms with Crippen LogP contribution in [0.15, 0.2) is 0 Å². The van der Waals surface area contributed by atoms with Gasteiger partial charge in [-0.3, -0.25) is 0 Å². The Morgan fingerprint density at radius 3 is 2.29 bits per heavy atom. The fraction of sp³-hybridized carbons (Fsp3) is 1.00. The standard InChI is InChI=1S/C14H24ClNO/c1-13(2,16)8-17-12-11-4-9-3-10(5-11)7-14(12,15)6-9/h9-12H,3-8,16H2,1-2H3. The van der Waals surface area contributed by atoms with Gasteiger partial charge in [-0.15, -0.1) is 11.6 Å². The molecule has 3 unspecified atom stereocenters. The van der Waals surface area contributed by atoms with Crippen LogP contribution in [0.1, 0.15) is 46.0 Å². The van der Waals surface area contributed by atoms with E-state index in [-0.39, 0.29) is 16.5 Å². The Bertz CT molecular complexity index is 298. The van der Waals surface area contributed by atoms with E-state index in [4.69, 9.17) is 22.1 Å². The summed E-state index contributed by atoms with van der Waals surface area (Å²) in [5, 5.41) is 0. The molecule has 0 spiro atoms. The van der Waals surface area contributed by atoms with Crippen LogP contribution in [0.3, 0.4) is 0 Å². The smallest absolute Gasteiger partial charge is 0.0796 e. The number of alkyl halides is 1. The molecule has 4 fully saturated rings. The van der Waals surface area contributed by atoms with E-state index in [1.54, 1.807) is 0 Å². The zero-order chi connectivity index (χ0) is 12.3. The molecule has 4 rings (SSSR count). The fourth-order valence-corrected chi connectivity index (χ4v) is 5.16. The molecule has 17 heavy (non-hydrogen) atoms. The largest absolute Gasteiger partial charge is 0.374 e. The SMILES string of the molecule is CC(C)(N)COC1C2CC3CC(C2)CC1(Cl)C3. The zero-order valence-corrected chi connectivity index (χ0v) is 11.7. The zero-order valence-electron chi connectivity index (χ0n) is 10.9. The van der Waals surface area contributed by atoms with Crippen LogP contribution in [0.4, 0.5) is 0 Å². The molecule has 4 aliphatic rings. The van der Waals surface area contributed by atoms with Gasteiger partial charge in [-0.25, -0.2) is 0 Å². The molecule has 0 saturated heterocycles. The summed E-state index contributed by atoms with van der Waals surface area (Å²) in [7, 11) is 0. The van der Waals surface area contributed by atoms with Gasteiger partial charge in [-0.05, 0) is 63.7 Å². The minimum absolute atomic E-state index is 0.0694. The van der Waals surface area contributed by atoms with E-state index in [1.165, 1.54) is 19.3 Å². The number of hydrogen-bond acceptors (Lipinski definition) is 2. The van der Waals surface area contributed by atoms with E-state index in [2.05, 4.69) is 0 Å². The van der Waals surface area contributed by atoms with Crippen LogP contribution in [0, 0.1) is 17.8 Å². The quantitative estimate of drug-likeness (QED) is 0.789. The highest BCUT2D eigenvalue weighted by atomic mass is 35.5. The van der Waals surface area contributed by atoms with Crippen LogP contribution in [-0.4, -0.2) is 23.1 Å². The first-order chi connectivity index (χ1) is 7.86. The Hall–Kier alpha value is 0.210. The van der Waals surface area contributed by atoms with Crippen molar-refractivity contribution in [2.75, 3.05) is 6.61 Å². The van der Waals surface area contributed by atoms with Crippen molar-refractivity contribution in [3.05, 3.63) is 0 Å². The van der Waals surface area contributed by atoms with Crippen LogP contribution in [0.5, 0.6) is 0 Å². The lowest BCUT2D eigenvalue weighted by molar-refractivity contribution is -0.120. The molecule has 4 saturated carbocycles. The summed E-state index contributed by atoms with van der Waals surface area (Å²) in [5.41, 5.74) is 5.77. The van der Waals surface area contributed by atoms with Crippen LogP contribution < -0.4 is 5.73 Å². The summed E-state index contributed by atoms with van der Waals surface area (Å²) < 4.78 is 6.13. The first-order valence-electron chi connectivity index (χ1n) is 6.95. The maximum absolute atomic E-state index is 6.86. The van der Waals surface area contributed by atoms with Crippen molar-refractivity contribution in [1.29, 1.82) is 0 Å². The van der Waals surface area contributed by atoms with Gasteiger partial charge < -0.3 is 10.5 Å².